The van der Waals surface area contributed by atoms with E-state index in [1.807, 2.05) is 49.4 Å². The number of carbonyl (C=O) groups excluding carboxylic acids is 1. The van der Waals surface area contributed by atoms with E-state index in [2.05, 4.69) is 4.57 Å². The van der Waals surface area contributed by atoms with Gasteiger partial charge >= 0.3 is 0 Å². The zero-order chi connectivity index (χ0) is 20.5. The topological polar surface area (TPSA) is 60.9 Å². The number of hydrogen-bond acceptors (Lipinski definition) is 2. The number of aromatic nitrogens is 2. The van der Waals surface area contributed by atoms with Gasteiger partial charge in [-0.3, -0.25) is 9.36 Å². The summed E-state index contributed by atoms with van der Waals surface area (Å²) < 4.78 is 2.07. The molecule has 0 aliphatic heterocycles. The molecule has 0 spiro atoms. The van der Waals surface area contributed by atoms with Crippen molar-refractivity contribution in [3.63, 3.8) is 0 Å². The highest BCUT2D eigenvalue weighted by Crippen LogP contribution is 2.39. The highest BCUT2D eigenvalue weighted by molar-refractivity contribution is 6.31. The lowest BCUT2D eigenvalue weighted by Crippen LogP contribution is -2.13. The van der Waals surface area contributed by atoms with Gasteiger partial charge in [0, 0.05) is 21.5 Å². The van der Waals surface area contributed by atoms with Gasteiger partial charge in [0.2, 0.25) is 0 Å². The van der Waals surface area contributed by atoms with E-state index in [9.17, 15) is 4.79 Å². The lowest BCUT2D eigenvalue weighted by atomic mass is 9.88. The number of hydrogen-bond donors (Lipinski definition) is 1. The van der Waals surface area contributed by atoms with Crippen LogP contribution < -0.4 is 5.73 Å². The van der Waals surface area contributed by atoms with Crippen molar-refractivity contribution >= 4 is 29.1 Å². The summed E-state index contributed by atoms with van der Waals surface area (Å²) in [7, 11) is 0. The molecule has 1 amide bonds. The van der Waals surface area contributed by atoms with E-state index >= 15 is 0 Å². The molecule has 29 heavy (non-hydrogen) atoms. The number of carbonyl (C=O) groups is 1. The molecule has 1 aromatic heterocycles. The van der Waals surface area contributed by atoms with Crippen molar-refractivity contribution < 1.29 is 4.79 Å². The Hall–Kier alpha value is -2.30. The molecule has 1 heterocycles. The van der Waals surface area contributed by atoms with Gasteiger partial charge in [-0.1, -0.05) is 60.7 Å². The zero-order valence-corrected chi connectivity index (χ0v) is 17.8. The molecule has 1 saturated carbocycles. The predicted molar refractivity (Wildman–Crippen MR) is 118 cm³/mol. The molecule has 0 saturated heterocycles. The summed E-state index contributed by atoms with van der Waals surface area (Å²) in [4.78, 5) is 17.2. The number of rotatable bonds is 4. The minimum absolute atomic E-state index is 0.271. The molecular formula is C23H23Cl2N3O. The van der Waals surface area contributed by atoms with Crippen LogP contribution in [0.4, 0.5) is 0 Å². The van der Waals surface area contributed by atoms with Crippen molar-refractivity contribution in [2.24, 2.45) is 5.73 Å². The highest BCUT2D eigenvalue weighted by Gasteiger charge is 2.29. The first-order valence-corrected chi connectivity index (χ1v) is 10.7. The molecule has 1 fully saturated rings. The van der Waals surface area contributed by atoms with Crippen LogP contribution in [0.1, 0.15) is 59.9 Å². The second-order valence-corrected chi connectivity index (χ2v) is 8.52. The maximum Gasteiger partial charge on any atom is 0.269 e. The van der Waals surface area contributed by atoms with Gasteiger partial charge in [0.25, 0.3) is 5.91 Å². The third-order valence-electron chi connectivity index (χ3n) is 5.62. The van der Waals surface area contributed by atoms with Crippen LogP contribution in [-0.4, -0.2) is 15.5 Å². The van der Waals surface area contributed by atoms with Gasteiger partial charge in [0.15, 0.2) is 5.69 Å². The average Bonchev–Trinajstić information content (AvgIpc) is 3.11. The van der Waals surface area contributed by atoms with Crippen molar-refractivity contribution in [2.75, 3.05) is 0 Å². The summed E-state index contributed by atoms with van der Waals surface area (Å²) in [6.07, 6.45) is 5.64. The Kier molecular flexibility index (Phi) is 5.66. The Bertz CT molecular complexity index is 1070. The van der Waals surface area contributed by atoms with Crippen molar-refractivity contribution in [3.8, 4) is 16.9 Å². The van der Waals surface area contributed by atoms with Crippen molar-refractivity contribution in [1.29, 1.82) is 0 Å². The molecule has 0 atom stereocenters. The van der Waals surface area contributed by atoms with Crippen LogP contribution >= 0.6 is 23.2 Å². The average molecular weight is 428 g/mol. The van der Waals surface area contributed by atoms with Crippen LogP contribution in [0, 0.1) is 6.92 Å². The third kappa shape index (κ3) is 3.92. The van der Waals surface area contributed by atoms with Gasteiger partial charge in [-0.2, -0.15) is 0 Å². The number of nitrogens with zero attached hydrogens (tertiary/aromatic N) is 2. The molecule has 1 aliphatic carbocycles. The summed E-state index contributed by atoms with van der Waals surface area (Å²) in [6.45, 7) is 2.03. The molecule has 150 valence electrons. The summed E-state index contributed by atoms with van der Waals surface area (Å²) in [6, 6.07) is 13.2. The Morgan fingerprint density at radius 1 is 1.07 bits per heavy atom. The lowest BCUT2D eigenvalue weighted by molar-refractivity contribution is 0.0996. The molecule has 0 radical (unpaired) electrons. The molecule has 3 aromatic rings. The third-order valence-corrected chi connectivity index (χ3v) is 6.09. The SMILES string of the molecule is Cc1ccc(Cl)cc1-n1c(C2CCCCC2)nc(C(N)=O)c1-c1cccc(Cl)c1. The van der Waals surface area contributed by atoms with Crippen LogP contribution in [0.5, 0.6) is 0 Å². The van der Waals surface area contributed by atoms with Gasteiger partial charge in [0.1, 0.15) is 5.82 Å². The Balaban J connectivity index is 2.05. The molecule has 6 heteroatoms. The zero-order valence-electron chi connectivity index (χ0n) is 16.3. The summed E-state index contributed by atoms with van der Waals surface area (Å²) in [5.74, 6) is 0.600. The van der Waals surface area contributed by atoms with Gasteiger partial charge in [0.05, 0.1) is 11.4 Å². The second kappa shape index (κ2) is 8.21. The van der Waals surface area contributed by atoms with Crippen LogP contribution in [0.25, 0.3) is 16.9 Å². The Labute approximate surface area is 180 Å². The first-order valence-electron chi connectivity index (χ1n) is 9.90. The van der Waals surface area contributed by atoms with Crippen molar-refractivity contribution in [3.05, 3.63) is 69.6 Å². The fraction of sp³-hybridized carbons (Fsp3) is 0.304. The Morgan fingerprint density at radius 3 is 2.48 bits per heavy atom. The largest absolute Gasteiger partial charge is 0.364 e. The highest BCUT2D eigenvalue weighted by atomic mass is 35.5. The molecular weight excluding hydrogens is 405 g/mol. The van der Waals surface area contributed by atoms with E-state index in [1.165, 1.54) is 6.42 Å². The van der Waals surface area contributed by atoms with E-state index < -0.39 is 5.91 Å². The predicted octanol–water partition coefficient (Wildman–Crippen LogP) is 6.30. The number of aryl methyl sites for hydroxylation is 1. The van der Waals surface area contributed by atoms with Gasteiger partial charge in [-0.15, -0.1) is 0 Å². The van der Waals surface area contributed by atoms with E-state index in [0.717, 1.165) is 48.3 Å². The normalized spacial score (nSPS) is 14.9. The smallest absolute Gasteiger partial charge is 0.269 e. The molecule has 4 nitrogen and oxygen atoms in total. The number of imidazole rings is 1. The van der Waals surface area contributed by atoms with Crippen molar-refractivity contribution in [1.82, 2.24) is 9.55 Å². The fourth-order valence-corrected chi connectivity index (χ4v) is 4.57. The Morgan fingerprint density at radius 2 is 1.79 bits per heavy atom. The van der Waals surface area contributed by atoms with Gasteiger partial charge < -0.3 is 5.73 Å². The molecule has 0 bridgehead atoms. The monoisotopic (exact) mass is 427 g/mol. The lowest BCUT2D eigenvalue weighted by Gasteiger charge is -2.24. The number of nitrogens with two attached hydrogens (primary N) is 1. The van der Waals surface area contributed by atoms with E-state index in [-0.39, 0.29) is 11.6 Å². The first-order chi connectivity index (χ1) is 14.0. The van der Waals surface area contributed by atoms with Gasteiger partial charge in [-0.25, -0.2) is 4.98 Å². The number of amides is 1. The maximum absolute atomic E-state index is 12.4. The summed E-state index contributed by atoms with van der Waals surface area (Å²) in [5.41, 5.74) is 9.48. The molecule has 2 N–H and O–H groups in total. The van der Waals surface area contributed by atoms with Crippen LogP contribution in [0.2, 0.25) is 10.0 Å². The van der Waals surface area contributed by atoms with E-state index in [1.54, 1.807) is 0 Å². The minimum atomic E-state index is -0.546. The standard InChI is InChI=1S/C23H23Cl2N3O/c1-14-10-11-18(25)13-19(14)28-21(16-8-5-9-17(24)12-16)20(22(26)29)27-23(28)15-6-3-2-4-7-15/h5,8-13,15H,2-4,6-7H2,1H3,(H2,26,29). The van der Waals surface area contributed by atoms with Crippen molar-refractivity contribution in [2.45, 2.75) is 44.9 Å². The maximum atomic E-state index is 12.4. The van der Waals surface area contributed by atoms with Gasteiger partial charge in [-0.05, 0) is 49.6 Å². The number of primary amides is 1. The number of halogens is 2. The van der Waals surface area contributed by atoms with Crippen LogP contribution in [0.3, 0.4) is 0 Å². The fourth-order valence-electron chi connectivity index (χ4n) is 4.21. The summed E-state index contributed by atoms with van der Waals surface area (Å²) in [5, 5.41) is 1.22. The minimum Gasteiger partial charge on any atom is -0.364 e. The molecule has 4 rings (SSSR count). The number of benzene rings is 2. The quantitative estimate of drug-likeness (QED) is 0.530. The first kappa shape index (κ1) is 20.0. The van der Waals surface area contributed by atoms with Crippen LogP contribution in [-0.2, 0) is 0 Å². The summed E-state index contributed by atoms with van der Waals surface area (Å²) >= 11 is 12.6. The molecule has 1 aliphatic rings. The molecule has 0 unspecified atom stereocenters. The van der Waals surface area contributed by atoms with E-state index in [4.69, 9.17) is 33.9 Å². The molecule has 2 aromatic carbocycles. The van der Waals surface area contributed by atoms with E-state index in [0.29, 0.717) is 15.7 Å². The van der Waals surface area contributed by atoms with Crippen LogP contribution in [0.15, 0.2) is 42.5 Å². The second-order valence-electron chi connectivity index (χ2n) is 7.64.